The van der Waals surface area contributed by atoms with Gasteiger partial charge >= 0.3 is 5.97 Å². The number of ether oxygens (including phenoxy) is 2. The lowest BCUT2D eigenvalue weighted by Gasteiger charge is -2.19. The van der Waals surface area contributed by atoms with Crippen molar-refractivity contribution in [2.24, 2.45) is 10.9 Å². The highest BCUT2D eigenvalue weighted by atomic mass is 16.6. The zero-order chi connectivity index (χ0) is 12.6. The van der Waals surface area contributed by atoms with Crippen LogP contribution in [0.3, 0.4) is 0 Å². The second kappa shape index (κ2) is 6.95. The molecule has 0 aromatic rings. The van der Waals surface area contributed by atoms with E-state index in [9.17, 15) is 4.79 Å². The van der Waals surface area contributed by atoms with Gasteiger partial charge in [0, 0.05) is 6.42 Å². The highest BCUT2D eigenvalue weighted by molar-refractivity contribution is 6.28. The smallest absolute Gasteiger partial charge is 0.332 e. The van der Waals surface area contributed by atoms with E-state index < -0.39 is 11.6 Å². The quantitative estimate of drug-likeness (QED) is 0.230. The third-order valence-corrected chi connectivity index (χ3v) is 1.39. The highest BCUT2D eigenvalue weighted by Gasteiger charge is 2.15. The Morgan fingerprint density at radius 3 is 2.62 bits per heavy atom. The molecule has 0 bridgehead atoms. The SMILES string of the molecule is CC(C)(C)OC(=O)COCCC(=N)C=NN. The molecule has 0 atom stereocenters. The van der Waals surface area contributed by atoms with E-state index in [-0.39, 0.29) is 18.9 Å². The summed E-state index contributed by atoms with van der Waals surface area (Å²) in [5.41, 5.74) is -0.244. The Labute approximate surface area is 95.3 Å². The van der Waals surface area contributed by atoms with Crippen LogP contribution >= 0.6 is 0 Å². The highest BCUT2D eigenvalue weighted by Crippen LogP contribution is 2.06. The molecule has 0 heterocycles. The number of hydrogen-bond donors (Lipinski definition) is 2. The van der Waals surface area contributed by atoms with Crippen LogP contribution in [0.25, 0.3) is 0 Å². The Morgan fingerprint density at radius 2 is 2.12 bits per heavy atom. The average Bonchev–Trinajstić information content (AvgIpc) is 2.10. The Balaban J connectivity index is 3.60. The summed E-state index contributed by atoms with van der Waals surface area (Å²) in [5, 5.41) is 10.5. The van der Waals surface area contributed by atoms with Crippen molar-refractivity contribution in [2.75, 3.05) is 13.2 Å². The van der Waals surface area contributed by atoms with Crippen LogP contribution in [0.1, 0.15) is 27.2 Å². The molecule has 0 amide bonds. The maximum atomic E-state index is 11.2. The van der Waals surface area contributed by atoms with E-state index in [0.29, 0.717) is 6.42 Å². The van der Waals surface area contributed by atoms with E-state index >= 15 is 0 Å². The van der Waals surface area contributed by atoms with Crippen molar-refractivity contribution in [2.45, 2.75) is 32.8 Å². The normalized spacial score (nSPS) is 11.7. The molecule has 16 heavy (non-hydrogen) atoms. The Morgan fingerprint density at radius 1 is 1.50 bits per heavy atom. The van der Waals surface area contributed by atoms with Gasteiger partial charge in [0.15, 0.2) is 0 Å². The van der Waals surface area contributed by atoms with E-state index in [1.807, 2.05) is 0 Å². The van der Waals surface area contributed by atoms with Crippen LogP contribution in [0.2, 0.25) is 0 Å². The van der Waals surface area contributed by atoms with E-state index in [2.05, 4.69) is 5.10 Å². The Bertz CT molecular complexity index is 269. The van der Waals surface area contributed by atoms with Crippen molar-refractivity contribution in [1.82, 2.24) is 0 Å². The average molecular weight is 229 g/mol. The number of hydrazone groups is 1. The summed E-state index contributed by atoms with van der Waals surface area (Å²) in [6, 6.07) is 0. The summed E-state index contributed by atoms with van der Waals surface area (Å²) >= 11 is 0. The monoisotopic (exact) mass is 229 g/mol. The minimum Gasteiger partial charge on any atom is -0.458 e. The van der Waals surface area contributed by atoms with E-state index in [1.54, 1.807) is 20.8 Å². The molecule has 0 spiro atoms. The molecule has 0 aliphatic rings. The van der Waals surface area contributed by atoms with Gasteiger partial charge in [-0.3, -0.25) is 0 Å². The molecule has 0 radical (unpaired) electrons. The third-order valence-electron chi connectivity index (χ3n) is 1.39. The fourth-order valence-corrected chi connectivity index (χ4v) is 0.863. The first-order valence-electron chi connectivity index (χ1n) is 4.95. The molecule has 92 valence electrons. The summed E-state index contributed by atoms with van der Waals surface area (Å²) < 4.78 is 10.1. The minimum atomic E-state index is -0.501. The molecule has 3 N–H and O–H groups in total. The van der Waals surface area contributed by atoms with Gasteiger partial charge < -0.3 is 20.7 Å². The van der Waals surface area contributed by atoms with Crippen LogP contribution in [0.4, 0.5) is 0 Å². The van der Waals surface area contributed by atoms with Crippen LogP contribution in [0.5, 0.6) is 0 Å². The number of nitrogens with two attached hydrogens (primary N) is 1. The molecular formula is C10H19N3O3. The third kappa shape index (κ3) is 9.14. The maximum absolute atomic E-state index is 11.2. The molecular weight excluding hydrogens is 210 g/mol. The summed E-state index contributed by atoms with van der Waals surface area (Å²) in [4.78, 5) is 11.2. The Hall–Kier alpha value is -1.43. The predicted molar refractivity (Wildman–Crippen MR) is 61.7 cm³/mol. The van der Waals surface area contributed by atoms with Crippen molar-refractivity contribution in [1.29, 1.82) is 5.41 Å². The van der Waals surface area contributed by atoms with Crippen LogP contribution < -0.4 is 5.84 Å². The maximum Gasteiger partial charge on any atom is 0.332 e. The predicted octanol–water partition coefficient (Wildman–Crippen LogP) is 0.699. The zero-order valence-corrected chi connectivity index (χ0v) is 9.95. The molecule has 0 unspecified atom stereocenters. The fraction of sp³-hybridized carbons (Fsp3) is 0.700. The van der Waals surface area contributed by atoms with Gasteiger partial charge in [-0.15, -0.1) is 0 Å². The molecule has 0 saturated heterocycles. The second-order valence-corrected chi connectivity index (χ2v) is 4.19. The first-order chi connectivity index (χ1) is 7.35. The molecule has 6 nitrogen and oxygen atoms in total. The molecule has 6 heteroatoms. The number of nitrogens with one attached hydrogen (secondary N) is 1. The fourth-order valence-electron chi connectivity index (χ4n) is 0.863. The van der Waals surface area contributed by atoms with Gasteiger partial charge in [-0.05, 0) is 20.8 Å². The van der Waals surface area contributed by atoms with Crippen LogP contribution in [-0.4, -0.2) is 36.7 Å². The van der Waals surface area contributed by atoms with Gasteiger partial charge in [-0.2, -0.15) is 5.10 Å². The number of nitrogens with zero attached hydrogens (tertiary/aromatic N) is 1. The van der Waals surface area contributed by atoms with E-state index in [4.69, 9.17) is 20.7 Å². The Kier molecular flexibility index (Phi) is 6.32. The van der Waals surface area contributed by atoms with Gasteiger partial charge in [0.05, 0.1) is 18.5 Å². The van der Waals surface area contributed by atoms with Crippen molar-refractivity contribution >= 4 is 17.9 Å². The summed E-state index contributed by atoms with van der Waals surface area (Å²) in [6.45, 7) is 5.53. The number of hydrogen-bond acceptors (Lipinski definition) is 6. The second-order valence-electron chi connectivity index (χ2n) is 4.19. The summed E-state index contributed by atoms with van der Waals surface area (Å²) in [7, 11) is 0. The lowest BCUT2D eigenvalue weighted by atomic mass is 10.2. The van der Waals surface area contributed by atoms with Crippen molar-refractivity contribution < 1.29 is 14.3 Å². The topological polar surface area (TPSA) is 97.8 Å². The van der Waals surface area contributed by atoms with E-state index in [1.165, 1.54) is 6.21 Å². The summed E-state index contributed by atoms with van der Waals surface area (Å²) in [6.07, 6.45) is 1.60. The van der Waals surface area contributed by atoms with Gasteiger partial charge in [-0.1, -0.05) is 0 Å². The van der Waals surface area contributed by atoms with E-state index in [0.717, 1.165) is 0 Å². The molecule has 0 rings (SSSR count). The first-order valence-corrected chi connectivity index (χ1v) is 4.95. The van der Waals surface area contributed by atoms with Crippen LogP contribution in [0, 0.1) is 5.41 Å². The standard InChI is InChI=1S/C10H19N3O3/c1-10(2,3)16-9(14)7-15-5-4-8(11)6-13-12/h6,11H,4-5,7,12H2,1-3H3. The zero-order valence-electron chi connectivity index (χ0n) is 9.95. The van der Waals surface area contributed by atoms with Crippen molar-refractivity contribution in [3.63, 3.8) is 0 Å². The van der Waals surface area contributed by atoms with Gasteiger partial charge in [0.25, 0.3) is 0 Å². The first kappa shape index (κ1) is 14.6. The molecule has 0 aromatic heterocycles. The lowest BCUT2D eigenvalue weighted by molar-refractivity contribution is -0.160. The van der Waals surface area contributed by atoms with Crippen molar-refractivity contribution in [3.05, 3.63) is 0 Å². The molecule has 0 fully saturated rings. The van der Waals surface area contributed by atoms with Gasteiger partial charge in [0.1, 0.15) is 12.2 Å². The molecule has 0 aromatic carbocycles. The number of esters is 1. The largest absolute Gasteiger partial charge is 0.458 e. The van der Waals surface area contributed by atoms with Gasteiger partial charge in [0.2, 0.25) is 0 Å². The molecule has 0 aliphatic heterocycles. The minimum absolute atomic E-state index is 0.107. The van der Waals surface area contributed by atoms with Gasteiger partial charge in [-0.25, -0.2) is 4.79 Å². The van der Waals surface area contributed by atoms with Crippen LogP contribution in [0.15, 0.2) is 5.10 Å². The molecule has 0 aliphatic carbocycles. The number of rotatable bonds is 6. The lowest BCUT2D eigenvalue weighted by Crippen LogP contribution is -2.26. The number of carbonyl (C=O) groups excluding carboxylic acids is 1. The number of carbonyl (C=O) groups is 1. The van der Waals surface area contributed by atoms with Crippen molar-refractivity contribution in [3.8, 4) is 0 Å². The molecule has 0 saturated carbocycles. The van der Waals surface area contributed by atoms with Crippen LogP contribution in [-0.2, 0) is 14.3 Å². The summed E-state index contributed by atoms with van der Waals surface area (Å²) in [5.74, 6) is 4.45.